The number of aryl methyl sites for hydroxylation is 3. The van der Waals surface area contributed by atoms with Gasteiger partial charge >= 0.3 is 6.03 Å². The second-order valence-electron chi connectivity index (χ2n) is 6.47. The van der Waals surface area contributed by atoms with Crippen LogP contribution in [0.2, 0.25) is 0 Å². The van der Waals surface area contributed by atoms with Crippen molar-refractivity contribution >= 4 is 17.4 Å². The molecule has 1 aliphatic rings. The highest BCUT2D eigenvalue weighted by atomic mass is 32.1. The maximum Gasteiger partial charge on any atom is 0.317 e. The van der Waals surface area contributed by atoms with Gasteiger partial charge in [0, 0.05) is 43.3 Å². The molecule has 0 saturated carbocycles. The second-order valence-corrected chi connectivity index (χ2v) is 7.76. The number of nitrogens with zero attached hydrogens (tertiary/aromatic N) is 3. The molecule has 5 nitrogen and oxygen atoms in total. The Bertz CT molecular complexity index is 706. The highest BCUT2D eigenvalue weighted by Gasteiger charge is 2.29. The van der Waals surface area contributed by atoms with Gasteiger partial charge in [0.25, 0.3) is 0 Å². The minimum Gasteiger partial charge on any atom is -0.353 e. The Balaban J connectivity index is 1.60. The van der Waals surface area contributed by atoms with Crippen molar-refractivity contribution in [2.45, 2.75) is 45.6 Å². The van der Waals surface area contributed by atoms with E-state index in [9.17, 15) is 4.79 Å². The average molecular weight is 346 g/mol. The first kappa shape index (κ1) is 17.0. The molecule has 0 aliphatic carbocycles. The number of piperidine rings is 1. The molecule has 6 heteroatoms. The maximum atomic E-state index is 12.7. The number of hydrogen-bond acceptors (Lipinski definition) is 3. The molecule has 3 rings (SSSR count). The number of nitrogens with one attached hydrogen (secondary N) is 1. The Hall–Kier alpha value is -1.82. The fourth-order valence-corrected chi connectivity index (χ4v) is 4.43. The largest absolute Gasteiger partial charge is 0.353 e. The van der Waals surface area contributed by atoms with Crippen LogP contribution in [0.1, 0.15) is 46.6 Å². The Labute approximate surface area is 147 Å². The molecule has 0 bridgehead atoms. The second kappa shape index (κ2) is 7.38. The van der Waals surface area contributed by atoms with Gasteiger partial charge in [0.05, 0.1) is 16.7 Å². The Morgan fingerprint density at radius 1 is 1.42 bits per heavy atom. The molecule has 2 amide bonds. The van der Waals surface area contributed by atoms with Crippen LogP contribution in [0.15, 0.2) is 18.3 Å². The van der Waals surface area contributed by atoms with Crippen LogP contribution < -0.4 is 5.32 Å². The summed E-state index contributed by atoms with van der Waals surface area (Å²) in [5.74, 6) is 0. The van der Waals surface area contributed by atoms with Gasteiger partial charge in [-0.1, -0.05) is 0 Å². The summed E-state index contributed by atoms with van der Waals surface area (Å²) in [5.41, 5.74) is 2.31. The summed E-state index contributed by atoms with van der Waals surface area (Å²) in [6, 6.07) is 4.42. The van der Waals surface area contributed by atoms with E-state index in [2.05, 4.69) is 40.2 Å². The van der Waals surface area contributed by atoms with Crippen molar-refractivity contribution in [3.63, 3.8) is 0 Å². The standard InChI is InChI=1S/C18H26N4OS/c1-13-17(24-14(2)20-13)9-10-19-18(23)22-12-5-4-7-16(22)15-8-6-11-21(15)3/h6,8,11,16H,4-5,7,9-10,12H2,1-3H3,(H,19,23). The summed E-state index contributed by atoms with van der Waals surface area (Å²) >= 11 is 1.72. The molecule has 2 aromatic rings. The molecule has 2 aromatic heterocycles. The fourth-order valence-electron chi connectivity index (χ4n) is 3.49. The summed E-state index contributed by atoms with van der Waals surface area (Å²) in [4.78, 5) is 20.4. The van der Waals surface area contributed by atoms with Crippen LogP contribution in [0.3, 0.4) is 0 Å². The van der Waals surface area contributed by atoms with E-state index in [-0.39, 0.29) is 12.1 Å². The van der Waals surface area contributed by atoms with Crippen LogP contribution in [0.5, 0.6) is 0 Å². The van der Waals surface area contributed by atoms with Gasteiger partial charge in [0.1, 0.15) is 0 Å². The normalized spacial score (nSPS) is 18.0. The van der Waals surface area contributed by atoms with Crippen LogP contribution in [-0.4, -0.2) is 33.6 Å². The third-order valence-corrected chi connectivity index (χ3v) is 5.85. The van der Waals surface area contributed by atoms with Crippen LogP contribution in [0.25, 0.3) is 0 Å². The SMILES string of the molecule is Cc1nc(C)c(CCNC(=O)N2CCCCC2c2cccn2C)s1. The molecule has 1 aliphatic heterocycles. The quantitative estimate of drug-likeness (QED) is 0.920. The zero-order valence-corrected chi connectivity index (χ0v) is 15.5. The highest BCUT2D eigenvalue weighted by Crippen LogP contribution is 2.30. The molecule has 0 aromatic carbocycles. The number of thiazole rings is 1. The molecule has 0 radical (unpaired) electrons. The molecule has 1 N–H and O–H groups in total. The lowest BCUT2D eigenvalue weighted by Crippen LogP contribution is -2.45. The van der Waals surface area contributed by atoms with E-state index in [1.54, 1.807) is 11.3 Å². The maximum absolute atomic E-state index is 12.7. The van der Waals surface area contributed by atoms with Crippen molar-refractivity contribution in [1.82, 2.24) is 19.8 Å². The van der Waals surface area contributed by atoms with Gasteiger partial charge in [-0.05, 0) is 45.2 Å². The van der Waals surface area contributed by atoms with Crippen molar-refractivity contribution < 1.29 is 4.79 Å². The van der Waals surface area contributed by atoms with E-state index in [1.165, 1.54) is 17.0 Å². The van der Waals surface area contributed by atoms with Crippen LogP contribution >= 0.6 is 11.3 Å². The number of carbonyl (C=O) groups excluding carboxylic acids is 1. The topological polar surface area (TPSA) is 50.2 Å². The Morgan fingerprint density at radius 3 is 2.92 bits per heavy atom. The van der Waals surface area contributed by atoms with Gasteiger partial charge in [-0.25, -0.2) is 9.78 Å². The molecule has 130 valence electrons. The highest BCUT2D eigenvalue weighted by molar-refractivity contribution is 7.11. The number of amides is 2. The molecular formula is C18H26N4OS. The van der Waals surface area contributed by atoms with Crippen molar-refractivity contribution in [1.29, 1.82) is 0 Å². The van der Waals surface area contributed by atoms with E-state index in [0.29, 0.717) is 6.54 Å². The molecule has 24 heavy (non-hydrogen) atoms. The number of hydrogen-bond donors (Lipinski definition) is 1. The number of carbonyl (C=O) groups is 1. The van der Waals surface area contributed by atoms with Crippen LogP contribution in [0.4, 0.5) is 4.79 Å². The molecular weight excluding hydrogens is 320 g/mol. The van der Waals surface area contributed by atoms with Gasteiger partial charge in [-0.2, -0.15) is 0 Å². The summed E-state index contributed by atoms with van der Waals surface area (Å²) in [5, 5.41) is 4.20. The summed E-state index contributed by atoms with van der Waals surface area (Å²) in [6.45, 7) is 5.56. The monoisotopic (exact) mass is 346 g/mol. The van der Waals surface area contributed by atoms with E-state index in [0.717, 1.165) is 36.5 Å². The van der Waals surface area contributed by atoms with Gasteiger partial charge in [0.2, 0.25) is 0 Å². The molecule has 1 fully saturated rings. The molecule has 1 saturated heterocycles. The minimum absolute atomic E-state index is 0.0554. The number of rotatable bonds is 4. The van der Waals surface area contributed by atoms with Gasteiger partial charge in [0.15, 0.2) is 0 Å². The van der Waals surface area contributed by atoms with Gasteiger partial charge < -0.3 is 14.8 Å². The van der Waals surface area contributed by atoms with Gasteiger partial charge in [-0.3, -0.25) is 0 Å². The first-order valence-corrected chi connectivity index (χ1v) is 9.46. The predicted octanol–water partition coefficient (Wildman–Crippen LogP) is 3.58. The average Bonchev–Trinajstić information content (AvgIpc) is 3.12. The lowest BCUT2D eigenvalue weighted by molar-refractivity contribution is 0.148. The zero-order valence-electron chi connectivity index (χ0n) is 14.7. The van der Waals surface area contributed by atoms with Gasteiger partial charge in [-0.15, -0.1) is 11.3 Å². The lowest BCUT2D eigenvalue weighted by atomic mass is 10.00. The Morgan fingerprint density at radius 2 is 2.25 bits per heavy atom. The summed E-state index contributed by atoms with van der Waals surface area (Å²) in [6.07, 6.45) is 6.21. The molecule has 3 heterocycles. The summed E-state index contributed by atoms with van der Waals surface area (Å²) < 4.78 is 2.12. The van der Waals surface area contributed by atoms with Crippen molar-refractivity contribution in [3.05, 3.63) is 39.6 Å². The van der Waals surface area contributed by atoms with Crippen LogP contribution in [-0.2, 0) is 13.5 Å². The fraction of sp³-hybridized carbons (Fsp3) is 0.556. The number of urea groups is 1. The van der Waals surface area contributed by atoms with Crippen molar-refractivity contribution in [2.75, 3.05) is 13.1 Å². The minimum atomic E-state index is 0.0554. The first-order chi connectivity index (χ1) is 11.6. The van der Waals surface area contributed by atoms with E-state index >= 15 is 0 Å². The molecule has 0 spiro atoms. The van der Waals surface area contributed by atoms with E-state index < -0.39 is 0 Å². The summed E-state index contributed by atoms with van der Waals surface area (Å²) in [7, 11) is 2.05. The predicted molar refractivity (Wildman–Crippen MR) is 97.4 cm³/mol. The molecule has 1 atom stereocenters. The third kappa shape index (κ3) is 3.64. The first-order valence-electron chi connectivity index (χ1n) is 8.65. The third-order valence-electron chi connectivity index (χ3n) is 4.72. The van der Waals surface area contributed by atoms with Crippen LogP contribution in [0, 0.1) is 13.8 Å². The Kier molecular flexibility index (Phi) is 5.23. The van der Waals surface area contributed by atoms with Crippen molar-refractivity contribution in [2.24, 2.45) is 7.05 Å². The smallest absolute Gasteiger partial charge is 0.317 e. The van der Waals surface area contributed by atoms with E-state index in [4.69, 9.17) is 0 Å². The lowest BCUT2D eigenvalue weighted by Gasteiger charge is -2.36. The van der Waals surface area contributed by atoms with E-state index in [1.807, 2.05) is 18.7 Å². The van der Waals surface area contributed by atoms with Crippen molar-refractivity contribution in [3.8, 4) is 0 Å². The number of aromatic nitrogens is 2. The molecule has 1 unspecified atom stereocenters. The zero-order chi connectivity index (χ0) is 17.1. The number of likely N-dealkylation sites (tertiary alicyclic amines) is 1.